The van der Waals surface area contributed by atoms with Crippen molar-refractivity contribution in [2.75, 3.05) is 26.2 Å². The van der Waals surface area contributed by atoms with Gasteiger partial charge in [-0.05, 0) is 52.4 Å². The molecule has 0 radical (unpaired) electrons. The molecule has 1 saturated carbocycles. The minimum Gasteiger partial charge on any atom is -0.507 e. The SMILES string of the molecule is Cl.Cl.Oc1ccc([C@@H](C2CCCCC2)N2CCNCC2)cc1Br. The van der Waals surface area contributed by atoms with Crippen LogP contribution in [0.5, 0.6) is 5.75 Å². The van der Waals surface area contributed by atoms with Crippen molar-refractivity contribution < 1.29 is 5.11 Å². The Kier molecular flexibility index (Phi) is 9.24. The number of aromatic hydroxyl groups is 1. The number of benzene rings is 1. The van der Waals surface area contributed by atoms with Crippen LogP contribution >= 0.6 is 40.7 Å². The van der Waals surface area contributed by atoms with Gasteiger partial charge in [0.2, 0.25) is 0 Å². The number of phenols is 1. The minimum absolute atomic E-state index is 0. The quantitative estimate of drug-likeness (QED) is 0.746. The number of hydrogen-bond donors (Lipinski definition) is 2. The van der Waals surface area contributed by atoms with Crippen LogP contribution in [0.1, 0.15) is 43.7 Å². The summed E-state index contributed by atoms with van der Waals surface area (Å²) < 4.78 is 0.816. The first-order valence-electron chi connectivity index (χ1n) is 8.19. The van der Waals surface area contributed by atoms with Crippen molar-refractivity contribution in [3.05, 3.63) is 28.2 Å². The Balaban J connectivity index is 0.00000132. The number of phenolic OH excluding ortho intramolecular Hbond substituents is 1. The van der Waals surface area contributed by atoms with Gasteiger partial charge in [-0.15, -0.1) is 24.8 Å². The van der Waals surface area contributed by atoms with Gasteiger partial charge >= 0.3 is 0 Å². The second-order valence-electron chi connectivity index (χ2n) is 6.34. The second-order valence-corrected chi connectivity index (χ2v) is 7.19. The molecule has 0 unspecified atom stereocenters. The molecule has 23 heavy (non-hydrogen) atoms. The average Bonchev–Trinajstić information content (AvgIpc) is 2.53. The molecule has 6 heteroatoms. The van der Waals surface area contributed by atoms with Gasteiger partial charge in [0, 0.05) is 32.2 Å². The number of halogens is 3. The molecular weight excluding hydrogens is 399 g/mol. The van der Waals surface area contributed by atoms with E-state index in [-0.39, 0.29) is 24.8 Å². The zero-order chi connectivity index (χ0) is 14.7. The number of nitrogens with one attached hydrogen (secondary N) is 1. The van der Waals surface area contributed by atoms with Crippen molar-refractivity contribution in [2.45, 2.75) is 38.1 Å². The fourth-order valence-electron chi connectivity index (χ4n) is 3.90. The number of nitrogens with zero attached hydrogens (tertiary/aromatic N) is 1. The highest BCUT2D eigenvalue weighted by molar-refractivity contribution is 9.10. The average molecular weight is 426 g/mol. The van der Waals surface area contributed by atoms with Crippen molar-refractivity contribution in [1.82, 2.24) is 10.2 Å². The highest BCUT2D eigenvalue weighted by atomic mass is 79.9. The first kappa shape index (κ1) is 21.0. The maximum Gasteiger partial charge on any atom is 0.129 e. The third-order valence-electron chi connectivity index (χ3n) is 4.95. The normalized spacial score (nSPS) is 21.1. The molecule has 0 bridgehead atoms. The van der Waals surface area contributed by atoms with Crippen LogP contribution in [0.3, 0.4) is 0 Å². The summed E-state index contributed by atoms with van der Waals surface area (Å²) in [6.07, 6.45) is 6.81. The smallest absolute Gasteiger partial charge is 0.129 e. The molecule has 1 aliphatic carbocycles. The van der Waals surface area contributed by atoms with Crippen LogP contribution in [-0.4, -0.2) is 36.2 Å². The van der Waals surface area contributed by atoms with E-state index in [0.29, 0.717) is 11.8 Å². The lowest BCUT2D eigenvalue weighted by Gasteiger charge is -2.41. The Bertz CT molecular complexity index is 460. The van der Waals surface area contributed by atoms with Gasteiger partial charge in [0.15, 0.2) is 0 Å². The van der Waals surface area contributed by atoms with Crippen molar-refractivity contribution in [2.24, 2.45) is 5.92 Å². The minimum atomic E-state index is 0. The molecule has 2 fully saturated rings. The van der Waals surface area contributed by atoms with E-state index in [9.17, 15) is 5.11 Å². The van der Waals surface area contributed by atoms with Crippen LogP contribution in [0.25, 0.3) is 0 Å². The van der Waals surface area contributed by atoms with E-state index in [0.717, 1.165) is 36.6 Å². The van der Waals surface area contributed by atoms with Crippen LogP contribution in [0, 0.1) is 5.92 Å². The van der Waals surface area contributed by atoms with Crippen molar-refractivity contribution in [3.8, 4) is 5.75 Å². The molecule has 2 N–H and O–H groups in total. The number of rotatable bonds is 3. The van der Waals surface area contributed by atoms with E-state index < -0.39 is 0 Å². The third kappa shape index (κ3) is 5.23. The summed E-state index contributed by atoms with van der Waals surface area (Å²) >= 11 is 3.48. The van der Waals surface area contributed by atoms with E-state index in [4.69, 9.17) is 0 Å². The van der Waals surface area contributed by atoms with Crippen molar-refractivity contribution >= 4 is 40.7 Å². The molecule has 1 aromatic carbocycles. The third-order valence-corrected chi connectivity index (χ3v) is 5.59. The van der Waals surface area contributed by atoms with E-state index in [1.807, 2.05) is 6.07 Å². The first-order valence-corrected chi connectivity index (χ1v) is 8.98. The molecule has 3 nitrogen and oxygen atoms in total. The lowest BCUT2D eigenvalue weighted by atomic mass is 9.80. The zero-order valence-electron chi connectivity index (χ0n) is 13.3. The molecule has 3 rings (SSSR count). The monoisotopic (exact) mass is 424 g/mol. The number of piperazine rings is 1. The maximum atomic E-state index is 9.78. The fourth-order valence-corrected chi connectivity index (χ4v) is 4.29. The van der Waals surface area contributed by atoms with E-state index >= 15 is 0 Å². The van der Waals surface area contributed by atoms with Crippen LogP contribution < -0.4 is 5.32 Å². The van der Waals surface area contributed by atoms with E-state index in [1.165, 1.54) is 37.7 Å². The molecule has 1 heterocycles. The van der Waals surface area contributed by atoms with Crippen LogP contribution in [0.4, 0.5) is 0 Å². The molecule has 1 aliphatic heterocycles. The Labute approximate surface area is 160 Å². The van der Waals surface area contributed by atoms with Gasteiger partial charge in [0.25, 0.3) is 0 Å². The highest BCUT2D eigenvalue weighted by Crippen LogP contribution is 2.40. The predicted octanol–water partition coefficient (Wildman–Crippen LogP) is 4.52. The van der Waals surface area contributed by atoms with E-state index in [2.05, 4.69) is 38.3 Å². The van der Waals surface area contributed by atoms with Gasteiger partial charge in [0.05, 0.1) is 4.47 Å². The molecule has 1 aromatic rings. The lowest BCUT2D eigenvalue weighted by molar-refractivity contribution is 0.103. The van der Waals surface area contributed by atoms with Gasteiger partial charge in [-0.3, -0.25) is 4.90 Å². The predicted molar refractivity (Wildman–Crippen MR) is 104 cm³/mol. The topological polar surface area (TPSA) is 35.5 Å². The highest BCUT2D eigenvalue weighted by Gasteiger charge is 2.31. The van der Waals surface area contributed by atoms with Crippen LogP contribution in [-0.2, 0) is 0 Å². The zero-order valence-corrected chi connectivity index (χ0v) is 16.6. The molecule has 2 aliphatic rings. The summed E-state index contributed by atoms with van der Waals surface area (Å²) in [6.45, 7) is 4.42. The molecule has 132 valence electrons. The van der Waals surface area contributed by atoms with Gasteiger partial charge < -0.3 is 10.4 Å². The maximum absolute atomic E-state index is 9.78. The summed E-state index contributed by atoms with van der Waals surface area (Å²) in [5.74, 6) is 1.09. The fraction of sp³-hybridized carbons (Fsp3) is 0.647. The Morgan fingerprint density at radius 3 is 2.35 bits per heavy atom. The summed E-state index contributed by atoms with van der Waals surface area (Å²) in [5, 5.41) is 13.2. The number of hydrogen-bond acceptors (Lipinski definition) is 3. The summed E-state index contributed by atoms with van der Waals surface area (Å²) in [5.41, 5.74) is 1.36. The van der Waals surface area contributed by atoms with Gasteiger partial charge in [-0.2, -0.15) is 0 Å². The van der Waals surface area contributed by atoms with Gasteiger partial charge in [-0.1, -0.05) is 25.3 Å². The van der Waals surface area contributed by atoms with Gasteiger partial charge in [-0.25, -0.2) is 0 Å². The Morgan fingerprint density at radius 2 is 1.74 bits per heavy atom. The van der Waals surface area contributed by atoms with Crippen LogP contribution in [0.15, 0.2) is 22.7 Å². The molecule has 0 spiro atoms. The Hall–Kier alpha value is -0.000000000000000111. The summed E-state index contributed by atoms with van der Waals surface area (Å²) in [6, 6.07) is 6.57. The standard InChI is InChI=1S/C17H25BrN2O.2ClH/c18-15-12-14(6-7-16(15)21)17(13-4-2-1-3-5-13)20-10-8-19-9-11-20;;/h6-7,12-13,17,19,21H,1-5,8-11H2;2*1H/t17-;;/m1../s1. The molecule has 1 saturated heterocycles. The summed E-state index contributed by atoms with van der Waals surface area (Å²) in [4.78, 5) is 2.64. The van der Waals surface area contributed by atoms with E-state index in [1.54, 1.807) is 0 Å². The largest absolute Gasteiger partial charge is 0.507 e. The molecule has 0 aromatic heterocycles. The Morgan fingerprint density at radius 1 is 1.09 bits per heavy atom. The van der Waals surface area contributed by atoms with Crippen LogP contribution in [0.2, 0.25) is 0 Å². The van der Waals surface area contributed by atoms with Crippen molar-refractivity contribution in [3.63, 3.8) is 0 Å². The molecule has 1 atom stereocenters. The molecular formula is C17H27BrCl2N2O. The molecule has 0 amide bonds. The summed E-state index contributed by atoms with van der Waals surface area (Å²) in [7, 11) is 0. The van der Waals surface area contributed by atoms with Gasteiger partial charge in [0.1, 0.15) is 5.75 Å². The first-order chi connectivity index (χ1) is 10.3. The second kappa shape index (κ2) is 10.1. The van der Waals surface area contributed by atoms with Crippen molar-refractivity contribution in [1.29, 1.82) is 0 Å². The lowest BCUT2D eigenvalue weighted by Crippen LogP contribution is -2.47.